The first-order chi connectivity index (χ1) is 10.1. The van der Waals surface area contributed by atoms with E-state index in [1.54, 1.807) is 18.2 Å². The molecule has 2 aromatic rings. The maximum atomic E-state index is 13.9. The number of hydrogen-bond acceptors (Lipinski definition) is 3. The third-order valence-corrected chi connectivity index (χ3v) is 3.41. The Kier molecular flexibility index (Phi) is 3.17. The minimum Gasteiger partial charge on any atom is -0.496 e. The molecule has 5 heteroatoms. The predicted molar refractivity (Wildman–Crippen MR) is 75.2 cm³/mol. The van der Waals surface area contributed by atoms with Gasteiger partial charge in [0.1, 0.15) is 17.1 Å². The summed E-state index contributed by atoms with van der Waals surface area (Å²) < 4.78 is 19.0. The molecule has 0 unspecified atom stereocenters. The number of halogens is 1. The van der Waals surface area contributed by atoms with Crippen LogP contribution in [0.4, 0.5) is 10.1 Å². The van der Waals surface area contributed by atoms with E-state index in [4.69, 9.17) is 4.74 Å². The van der Waals surface area contributed by atoms with Gasteiger partial charge in [-0.1, -0.05) is 6.07 Å². The Bertz CT molecular complexity index is 755. The summed E-state index contributed by atoms with van der Waals surface area (Å²) in [6.07, 6.45) is 0.227. The van der Waals surface area contributed by atoms with Crippen LogP contribution < -0.4 is 10.1 Å². The van der Waals surface area contributed by atoms with Crippen LogP contribution in [0.15, 0.2) is 36.4 Å². The largest absolute Gasteiger partial charge is 0.496 e. The first-order valence-electron chi connectivity index (χ1n) is 6.40. The van der Waals surface area contributed by atoms with Crippen molar-refractivity contribution in [1.82, 2.24) is 0 Å². The highest BCUT2D eigenvalue weighted by Gasteiger charge is 2.23. The molecule has 1 aliphatic rings. The summed E-state index contributed by atoms with van der Waals surface area (Å²) >= 11 is 0. The van der Waals surface area contributed by atoms with Crippen LogP contribution >= 0.6 is 0 Å². The molecule has 0 saturated carbocycles. The van der Waals surface area contributed by atoms with Gasteiger partial charge in [-0.05, 0) is 35.9 Å². The molecule has 0 radical (unpaired) electrons. The van der Waals surface area contributed by atoms with Crippen molar-refractivity contribution < 1.29 is 18.7 Å². The van der Waals surface area contributed by atoms with Crippen molar-refractivity contribution >= 4 is 17.4 Å². The van der Waals surface area contributed by atoms with E-state index in [2.05, 4.69) is 5.32 Å². The summed E-state index contributed by atoms with van der Waals surface area (Å²) in [7, 11) is 1.39. The van der Waals surface area contributed by atoms with E-state index in [-0.39, 0.29) is 23.6 Å². The van der Waals surface area contributed by atoms with Gasteiger partial charge in [0.05, 0.1) is 13.5 Å². The van der Waals surface area contributed by atoms with Gasteiger partial charge in [-0.15, -0.1) is 0 Å². The van der Waals surface area contributed by atoms with E-state index in [1.807, 2.05) is 0 Å². The van der Waals surface area contributed by atoms with E-state index in [9.17, 15) is 14.0 Å². The van der Waals surface area contributed by atoms with Crippen LogP contribution in [0, 0.1) is 5.82 Å². The number of ether oxygens (including phenoxy) is 1. The van der Waals surface area contributed by atoms with Crippen LogP contribution in [0.25, 0.3) is 0 Å². The molecule has 21 heavy (non-hydrogen) atoms. The Balaban J connectivity index is 2.04. The molecular weight excluding hydrogens is 273 g/mol. The molecule has 3 rings (SSSR count). The van der Waals surface area contributed by atoms with Crippen LogP contribution in [0.5, 0.6) is 5.75 Å². The van der Waals surface area contributed by atoms with Gasteiger partial charge in [0.15, 0.2) is 5.78 Å². The van der Waals surface area contributed by atoms with E-state index >= 15 is 0 Å². The lowest BCUT2D eigenvalue weighted by Crippen LogP contribution is -2.07. The monoisotopic (exact) mass is 285 g/mol. The van der Waals surface area contributed by atoms with Gasteiger partial charge in [0.2, 0.25) is 5.91 Å². The van der Waals surface area contributed by atoms with Crippen LogP contribution in [0.1, 0.15) is 21.5 Å². The fourth-order valence-corrected chi connectivity index (χ4v) is 2.41. The van der Waals surface area contributed by atoms with Crippen LogP contribution in [0.2, 0.25) is 0 Å². The van der Waals surface area contributed by atoms with Crippen molar-refractivity contribution in [3.8, 4) is 5.75 Å². The second-order valence-corrected chi connectivity index (χ2v) is 4.74. The molecule has 1 heterocycles. The van der Waals surface area contributed by atoms with Gasteiger partial charge in [-0.2, -0.15) is 0 Å². The first-order valence-corrected chi connectivity index (χ1v) is 6.40. The highest BCUT2D eigenvalue weighted by molar-refractivity contribution is 6.12. The minimum atomic E-state index is -0.631. The molecule has 0 atom stereocenters. The second kappa shape index (κ2) is 5.01. The van der Waals surface area contributed by atoms with Gasteiger partial charge in [0, 0.05) is 11.3 Å². The number of fused-ring (bicyclic) bond motifs is 1. The van der Waals surface area contributed by atoms with Crippen molar-refractivity contribution in [3.63, 3.8) is 0 Å². The number of benzene rings is 2. The van der Waals surface area contributed by atoms with Crippen molar-refractivity contribution in [2.75, 3.05) is 12.4 Å². The summed E-state index contributed by atoms with van der Waals surface area (Å²) in [5.74, 6) is -1.02. The Labute approximate surface area is 120 Å². The van der Waals surface area contributed by atoms with Gasteiger partial charge in [-0.25, -0.2) is 4.39 Å². The van der Waals surface area contributed by atoms with Gasteiger partial charge in [-0.3, -0.25) is 9.59 Å². The topological polar surface area (TPSA) is 55.4 Å². The summed E-state index contributed by atoms with van der Waals surface area (Å²) in [6, 6.07) is 9.07. The van der Waals surface area contributed by atoms with Gasteiger partial charge in [0.25, 0.3) is 0 Å². The number of methoxy groups -OCH3 is 1. The molecule has 0 aromatic heterocycles. The number of amides is 1. The number of anilines is 1. The number of carbonyl (C=O) groups is 2. The molecule has 1 N–H and O–H groups in total. The van der Waals surface area contributed by atoms with Crippen molar-refractivity contribution in [3.05, 3.63) is 58.9 Å². The summed E-state index contributed by atoms with van der Waals surface area (Å²) in [6.45, 7) is 0. The predicted octanol–water partition coefficient (Wildman–Crippen LogP) is 2.56. The Morgan fingerprint density at radius 3 is 2.86 bits per heavy atom. The Hall–Kier alpha value is -2.69. The molecule has 0 fully saturated rings. The SMILES string of the molecule is COc1cccc(F)c1C(=O)c1ccc2c(c1)CC(=O)N2. The number of carbonyl (C=O) groups excluding carboxylic acids is 2. The number of hydrogen-bond donors (Lipinski definition) is 1. The summed E-state index contributed by atoms with van der Waals surface area (Å²) in [4.78, 5) is 23.8. The van der Waals surface area contributed by atoms with Crippen molar-refractivity contribution in [1.29, 1.82) is 0 Å². The van der Waals surface area contributed by atoms with E-state index in [0.29, 0.717) is 11.3 Å². The normalized spacial score (nSPS) is 12.8. The molecule has 1 aliphatic heterocycles. The molecule has 4 nitrogen and oxygen atoms in total. The van der Waals surface area contributed by atoms with Crippen LogP contribution in [0.3, 0.4) is 0 Å². The lowest BCUT2D eigenvalue weighted by Gasteiger charge is -2.09. The number of rotatable bonds is 3. The molecule has 1 amide bonds. The lowest BCUT2D eigenvalue weighted by atomic mass is 9.99. The molecule has 0 spiro atoms. The van der Waals surface area contributed by atoms with E-state index < -0.39 is 11.6 Å². The van der Waals surface area contributed by atoms with Gasteiger partial charge >= 0.3 is 0 Å². The maximum absolute atomic E-state index is 13.9. The third-order valence-electron chi connectivity index (χ3n) is 3.41. The van der Waals surface area contributed by atoms with Crippen molar-refractivity contribution in [2.45, 2.75) is 6.42 Å². The van der Waals surface area contributed by atoms with Crippen molar-refractivity contribution in [2.24, 2.45) is 0 Å². The van der Waals surface area contributed by atoms with Gasteiger partial charge < -0.3 is 10.1 Å². The minimum absolute atomic E-state index is 0.0998. The third kappa shape index (κ3) is 2.27. The molecular formula is C16H12FNO3. The quantitative estimate of drug-likeness (QED) is 0.882. The standard InChI is InChI=1S/C16H12FNO3/c1-21-13-4-2-3-11(17)15(13)16(20)9-5-6-12-10(7-9)8-14(19)18-12/h2-7H,8H2,1H3,(H,18,19). The average Bonchev–Trinajstić information content (AvgIpc) is 2.85. The summed E-state index contributed by atoms with van der Waals surface area (Å²) in [5.41, 5.74) is 1.66. The fraction of sp³-hybridized carbons (Fsp3) is 0.125. The lowest BCUT2D eigenvalue weighted by molar-refractivity contribution is -0.115. The van der Waals surface area contributed by atoms with E-state index in [0.717, 1.165) is 5.56 Å². The second-order valence-electron chi connectivity index (χ2n) is 4.74. The zero-order valence-corrected chi connectivity index (χ0v) is 11.3. The summed E-state index contributed by atoms with van der Waals surface area (Å²) in [5, 5.41) is 2.69. The Morgan fingerprint density at radius 2 is 2.10 bits per heavy atom. The average molecular weight is 285 g/mol. The molecule has 106 valence electrons. The Morgan fingerprint density at radius 1 is 1.29 bits per heavy atom. The molecule has 2 aromatic carbocycles. The molecule has 0 saturated heterocycles. The zero-order valence-electron chi connectivity index (χ0n) is 11.3. The highest BCUT2D eigenvalue weighted by atomic mass is 19.1. The zero-order chi connectivity index (χ0) is 15.0. The number of ketones is 1. The number of nitrogens with one attached hydrogen (secondary N) is 1. The van der Waals surface area contributed by atoms with Crippen LogP contribution in [-0.4, -0.2) is 18.8 Å². The van der Waals surface area contributed by atoms with Crippen LogP contribution in [-0.2, 0) is 11.2 Å². The molecule has 0 aliphatic carbocycles. The molecule has 0 bridgehead atoms. The van der Waals surface area contributed by atoms with E-state index in [1.165, 1.54) is 25.3 Å². The highest BCUT2D eigenvalue weighted by Crippen LogP contribution is 2.28. The fourth-order valence-electron chi connectivity index (χ4n) is 2.41. The smallest absolute Gasteiger partial charge is 0.228 e. The maximum Gasteiger partial charge on any atom is 0.228 e. The first kappa shape index (κ1) is 13.3.